The maximum atomic E-state index is 12.3. The van der Waals surface area contributed by atoms with Crippen LogP contribution in [-0.4, -0.2) is 45.0 Å². The number of nitrogens with one attached hydrogen (secondary N) is 1. The molecule has 0 aliphatic heterocycles. The van der Waals surface area contributed by atoms with Gasteiger partial charge in [0.1, 0.15) is 0 Å². The second kappa shape index (κ2) is 8.86. The number of anilines is 2. The molecule has 27 heavy (non-hydrogen) atoms. The maximum absolute atomic E-state index is 12.3. The van der Waals surface area contributed by atoms with Crippen molar-refractivity contribution in [1.82, 2.24) is 4.31 Å². The van der Waals surface area contributed by atoms with Crippen LogP contribution >= 0.6 is 11.3 Å². The highest BCUT2D eigenvalue weighted by Gasteiger charge is 2.24. The minimum atomic E-state index is -3.36. The predicted molar refractivity (Wildman–Crippen MR) is 113 cm³/mol. The van der Waals surface area contributed by atoms with Crippen LogP contribution in [0.15, 0.2) is 35.7 Å². The summed E-state index contributed by atoms with van der Waals surface area (Å²) in [7, 11) is 0.468. The highest BCUT2D eigenvalue weighted by molar-refractivity contribution is 7.88. The molecule has 0 aliphatic rings. The first-order chi connectivity index (χ1) is 12.6. The molecule has 1 atom stereocenters. The lowest BCUT2D eigenvalue weighted by Crippen LogP contribution is -2.37. The molecular weight excluding hydrogens is 382 g/mol. The van der Waals surface area contributed by atoms with Gasteiger partial charge in [0, 0.05) is 38.1 Å². The molecule has 0 spiro atoms. The highest BCUT2D eigenvalue weighted by Crippen LogP contribution is 2.27. The van der Waals surface area contributed by atoms with Crippen molar-refractivity contribution in [2.45, 2.75) is 32.9 Å². The molecule has 0 unspecified atom stereocenters. The first-order valence-corrected chi connectivity index (χ1v) is 11.5. The number of carbonyl (C=O) groups is 1. The van der Waals surface area contributed by atoms with E-state index in [0.717, 1.165) is 17.7 Å². The number of rotatable bonds is 8. The lowest BCUT2D eigenvalue weighted by Gasteiger charge is -2.28. The van der Waals surface area contributed by atoms with Gasteiger partial charge < -0.3 is 10.2 Å². The predicted octanol–water partition coefficient (Wildman–Crippen LogP) is 3.63. The molecule has 0 bridgehead atoms. The Morgan fingerprint density at radius 2 is 1.96 bits per heavy atom. The Morgan fingerprint density at radius 1 is 1.26 bits per heavy atom. The van der Waals surface area contributed by atoms with Crippen LogP contribution in [0.4, 0.5) is 11.4 Å². The molecule has 1 amide bonds. The summed E-state index contributed by atoms with van der Waals surface area (Å²) < 4.78 is 26.1. The van der Waals surface area contributed by atoms with E-state index in [-0.39, 0.29) is 18.5 Å². The van der Waals surface area contributed by atoms with E-state index in [9.17, 15) is 13.2 Å². The zero-order chi connectivity index (χ0) is 20.2. The first-order valence-electron chi connectivity index (χ1n) is 8.75. The van der Waals surface area contributed by atoms with Gasteiger partial charge in [0.25, 0.3) is 5.91 Å². The molecule has 1 N–H and O–H groups in total. The van der Waals surface area contributed by atoms with Crippen LogP contribution in [-0.2, 0) is 16.6 Å². The number of hydrogen-bond acceptors (Lipinski definition) is 5. The smallest absolute Gasteiger partial charge is 0.265 e. The molecule has 0 radical (unpaired) electrons. The van der Waals surface area contributed by atoms with Gasteiger partial charge in [-0.2, -0.15) is 4.31 Å². The zero-order valence-corrected chi connectivity index (χ0v) is 18.0. The van der Waals surface area contributed by atoms with E-state index in [4.69, 9.17) is 0 Å². The van der Waals surface area contributed by atoms with Gasteiger partial charge in [-0.25, -0.2) is 8.42 Å². The van der Waals surface area contributed by atoms with Crippen LogP contribution in [0.5, 0.6) is 0 Å². The lowest BCUT2D eigenvalue weighted by atomic mass is 10.1. The number of nitrogens with zero attached hydrogens (tertiary/aromatic N) is 2. The van der Waals surface area contributed by atoms with Gasteiger partial charge in [-0.3, -0.25) is 4.79 Å². The van der Waals surface area contributed by atoms with Gasteiger partial charge in [-0.05, 0) is 48.6 Å². The average molecular weight is 410 g/mol. The maximum Gasteiger partial charge on any atom is 0.265 e. The molecule has 2 rings (SSSR count). The third kappa shape index (κ3) is 5.54. The van der Waals surface area contributed by atoms with Crippen molar-refractivity contribution < 1.29 is 13.2 Å². The van der Waals surface area contributed by atoms with Gasteiger partial charge in [0.05, 0.1) is 11.1 Å². The fraction of sp³-hybridized carbons (Fsp3) is 0.421. The van der Waals surface area contributed by atoms with Crippen LogP contribution in [0.1, 0.15) is 35.5 Å². The van der Waals surface area contributed by atoms with Crippen molar-refractivity contribution in [3.63, 3.8) is 0 Å². The number of amides is 1. The molecular formula is C19H27N3O3S2. The Hall–Kier alpha value is -1.90. The zero-order valence-electron chi connectivity index (χ0n) is 16.4. The summed E-state index contributed by atoms with van der Waals surface area (Å²) in [5.41, 5.74) is 2.40. The summed E-state index contributed by atoms with van der Waals surface area (Å²) in [5, 5.41) is 4.74. The van der Waals surface area contributed by atoms with Gasteiger partial charge in [-0.1, -0.05) is 13.0 Å². The summed E-state index contributed by atoms with van der Waals surface area (Å²) in [6.45, 7) is 4.12. The quantitative estimate of drug-likeness (QED) is 0.723. The molecule has 8 heteroatoms. The summed E-state index contributed by atoms with van der Waals surface area (Å²) in [6.07, 6.45) is 1.95. The Kier molecular flexibility index (Phi) is 7.02. The van der Waals surface area contributed by atoms with Crippen LogP contribution in [0.3, 0.4) is 0 Å². The number of sulfonamides is 1. The molecule has 0 fully saturated rings. The Bertz CT molecular complexity index is 878. The summed E-state index contributed by atoms with van der Waals surface area (Å²) in [6, 6.07) is 9.06. The third-order valence-corrected chi connectivity index (χ3v) is 6.61. The van der Waals surface area contributed by atoms with Crippen molar-refractivity contribution in [3.05, 3.63) is 46.2 Å². The molecule has 1 aromatic carbocycles. The minimum Gasteiger partial charge on any atom is -0.377 e. The van der Waals surface area contributed by atoms with Crippen molar-refractivity contribution in [1.29, 1.82) is 0 Å². The second-order valence-corrected chi connectivity index (χ2v) is 9.62. The molecule has 2 aromatic rings. The van der Waals surface area contributed by atoms with Crippen molar-refractivity contribution in [2.24, 2.45) is 0 Å². The molecule has 0 saturated carbocycles. The fourth-order valence-corrected chi connectivity index (χ4v) is 4.59. The molecule has 148 valence electrons. The van der Waals surface area contributed by atoms with Crippen LogP contribution in [0, 0.1) is 0 Å². The Balaban J connectivity index is 2.36. The first kappa shape index (κ1) is 21.4. The van der Waals surface area contributed by atoms with E-state index < -0.39 is 10.0 Å². The van der Waals surface area contributed by atoms with E-state index >= 15 is 0 Å². The average Bonchev–Trinajstić information content (AvgIpc) is 3.12. The normalized spacial score (nSPS) is 12.8. The van der Waals surface area contributed by atoms with Crippen LogP contribution in [0.2, 0.25) is 0 Å². The van der Waals surface area contributed by atoms with E-state index in [1.54, 1.807) is 6.07 Å². The van der Waals surface area contributed by atoms with Crippen molar-refractivity contribution in [2.75, 3.05) is 30.6 Å². The largest absolute Gasteiger partial charge is 0.377 e. The van der Waals surface area contributed by atoms with Gasteiger partial charge >= 0.3 is 0 Å². The lowest BCUT2D eigenvalue weighted by molar-refractivity contribution is 0.103. The third-order valence-electron chi connectivity index (χ3n) is 4.40. The van der Waals surface area contributed by atoms with Gasteiger partial charge in [0.2, 0.25) is 10.0 Å². The molecule has 1 heterocycles. The van der Waals surface area contributed by atoms with Gasteiger partial charge in [-0.15, -0.1) is 11.3 Å². The molecule has 6 nitrogen and oxygen atoms in total. The molecule has 0 saturated heterocycles. The Labute approximate surface area is 165 Å². The van der Waals surface area contributed by atoms with E-state index in [0.29, 0.717) is 10.6 Å². The van der Waals surface area contributed by atoms with Crippen molar-refractivity contribution in [3.8, 4) is 0 Å². The van der Waals surface area contributed by atoms with E-state index in [1.165, 1.54) is 21.9 Å². The standard InChI is InChI=1S/C19H27N3O3S2/c1-6-14(2)22(27(5,24)25)13-15-12-16(9-10-17(15)21(3)4)20-19(23)18-8-7-11-26-18/h7-12,14H,6,13H2,1-5H3,(H,20,23)/t14-/m1/s1. The Morgan fingerprint density at radius 3 is 2.48 bits per heavy atom. The number of hydrogen-bond donors (Lipinski definition) is 1. The summed E-state index contributed by atoms with van der Waals surface area (Å²) in [5.74, 6) is -0.171. The minimum absolute atomic E-state index is 0.112. The number of thiophene rings is 1. The number of benzene rings is 1. The highest BCUT2D eigenvalue weighted by atomic mass is 32.2. The summed E-state index contributed by atoms with van der Waals surface area (Å²) >= 11 is 1.38. The number of carbonyl (C=O) groups excluding carboxylic acids is 1. The topological polar surface area (TPSA) is 69.7 Å². The van der Waals surface area contributed by atoms with Crippen LogP contribution in [0.25, 0.3) is 0 Å². The molecule has 0 aliphatic carbocycles. The van der Waals surface area contributed by atoms with E-state index in [1.807, 2.05) is 62.5 Å². The van der Waals surface area contributed by atoms with Crippen LogP contribution < -0.4 is 10.2 Å². The van der Waals surface area contributed by atoms with Crippen molar-refractivity contribution >= 4 is 38.6 Å². The monoisotopic (exact) mass is 409 g/mol. The SMILES string of the molecule is CC[C@@H](C)N(Cc1cc(NC(=O)c2cccs2)ccc1N(C)C)S(C)(=O)=O. The second-order valence-electron chi connectivity index (χ2n) is 6.73. The molecule has 1 aromatic heterocycles. The fourth-order valence-electron chi connectivity index (χ4n) is 2.80. The summed E-state index contributed by atoms with van der Waals surface area (Å²) in [4.78, 5) is 14.9. The van der Waals surface area contributed by atoms with Gasteiger partial charge in [0.15, 0.2) is 0 Å². The van der Waals surface area contributed by atoms with E-state index in [2.05, 4.69) is 5.32 Å².